The highest BCUT2D eigenvalue weighted by Crippen LogP contribution is 2.08. The van der Waals surface area contributed by atoms with Crippen molar-refractivity contribution in [1.29, 1.82) is 5.26 Å². The van der Waals surface area contributed by atoms with E-state index in [0.29, 0.717) is 5.69 Å². The zero-order valence-corrected chi connectivity index (χ0v) is 10.5. The van der Waals surface area contributed by atoms with Gasteiger partial charge in [-0.05, 0) is 24.7 Å². The molecule has 0 atom stereocenters. The van der Waals surface area contributed by atoms with Crippen molar-refractivity contribution in [2.24, 2.45) is 7.05 Å². The van der Waals surface area contributed by atoms with Crippen molar-refractivity contribution in [3.8, 4) is 6.07 Å². The highest BCUT2D eigenvalue weighted by atomic mass is 15.2. The first-order valence-corrected chi connectivity index (χ1v) is 5.68. The van der Waals surface area contributed by atoms with E-state index in [1.807, 2.05) is 38.6 Å². The minimum absolute atomic E-state index is 0.460. The lowest BCUT2D eigenvalue weighted by Gasteiger charge is -2.15. The third-order valence-electron chi connectivity index (χ3n) is 2.60. The topological polar surface area (TPSA) is 57.7 Å². The van der Waals surface area contributed by atoms with Gasteiger partial charge in [-0.1, -0.05) is 0 Å². The predicted octanol–water partition coefficient (Wildman–Crippen LogP) is 1.32. The van der Waals surface area contributed by atoms with Gasteiger partial charge in [-0.3, -0.25) is 9.58 Å². The Hall–Kier alpha value is -2.19. The van der Waals surface area contributed by atoms with E-state index >= 15 is 0 Å². The Balaban J connectivity index is 1.98. The molecule has 2 heterocycles. The summed E-state index contributed by atoms with van der Waals surface area (Å²) in [6.45, 7) is 1.62. The summed E-state index contributed by atoms with van der Waals surface area (Å²) in [5, 5.41) is 12.9. The van der Waals surface area contributed by atoms with Crippen LogP contribution in [0.3, 0.4) is 0 Å². The van der Waals surface area contributed by atoms with Crippen molar-refractivity contribution in [2.45, 2.75) is 13.1 Å². The second-order valence-corrected chi connectivity index (χ2v) is 4.36. The number of hydrogen-bond donors (Lipinski definition) is 0. The molecule has 0 radical (unpaired) electrons. The molecule has 18 heavy (non-hydrogen) atoms. The van der Waals surface area contributed by atoms with Crippen LogP contribution in [0.15, 0.2) is 30.7 Å². The van der Waals surface area contributed by atoms with Gasteiger partial charge in [-0.15, -0.1) is 0 Å². The van der Waals surface area contributed by atoms with Crippen LogP contribution in [0, 0.1) is 11.3 Å². The van der Waals surface area contributed by atoms with E-state index in [0.717, 1.165) is 18.7 Å². The van der Waals surface area contributed by atoms with E-state index in [1.54, 1.807) is 10.9 Å². The van der Waals surface area contributed by atoms with E-state index in [1.165, 1.54) is 5.56 Å². The first-order chi connectivity index (χ1) is 8.67. The minimum atomic E-state index is 0.460. The van der Waals surface area contributed by atoms with Crippen molar-refractivity contribution in [3.05, 3.63) is 47.5 Å². The fourth-order valence-electron chi connectivity index (χ4n) is 1.87. The van der Waals surface area contributed by atoms with E-state index in [9.17, 15) is 0 Å². The number of hydrogen-bond acceptors (Lipinski definition) is 4. The van der Waals surface area contributed by atoms with Crippen LogP contribution < -0.4 is 0 Å². The van der Waals surface area contributed by atoms with Crippen LogP contribution in [0.2, 0.25) is 0 Å². The lowest BCUT2D eigenvalue weighted by atomic mass is 10.2. The summed E-state index contributed by atoms with van der Waals surface area (Å²) in [5.74, 6) is 0. The second kappa shape index (κ2) is 5.43. The Bertz CT molecular complexity index is 567. The largest absolute Gasteiger partial charge is 0.298 e. The van der Waals surface area contributed by atoms with Crippen LogP contribution in [-0.2, 0) is 20.1 Å². The molecule has 0 unspecified atom stereocenters. The number of pyridine rings is 1. The molecule has 5 heteroatoms. The van der Waals surface area contributed by atoms with Crippen LogP contribution in [0.4, 0.5) is 0 Å². The predicted molar refractivity (Wildman–Crippen MR) is 67.3 cm³/mol. The molecule has 0 saturated heterocycles. The third-order valence-corrected chi connectivity index (χ3v) is 2.60. The fraction of sp³-hybridized carbons (Fsp3) is 0.308. The zero-order valence-electron chi connectivity index (χ0n) is 10.5. The molecular weight excluding hydrogens is 226 g/mol. The Morgan fingerprint density at radius 3 is 2.83 bits per heavy atom. The molecule has 0 aliphatic heterocycles. The molecule has 0 aliphatic rings. The fourth-order valence-corrected chi connectivity index (χ4v) is 1.87. The zero-order chi connectivity index (χ0) is 13.0. The van der Waals surface area contributed by atoms with Gasteiger partial charge < -0.3 is 0 Å². The molecule has 0 N–H and O–H groups in total. The van der Waals surface area contributed by atoms with Gasteiger partial charge in [-0.25, -0.2) is 4.98 Å². The Morgan fingerprint density at radius 2 is 2.17 bits per heavy atom. The SMILES string of the molecule is CN(Cc1ccnc(C#N)c1)Cc1cnn(C)c1. The van der Waals surface area contributed by atoms with Gasteiger partial charge in [-0.2, -0.15) is 10.4 Å². The summed E-state index contributed by atoms with van der Waals surface area (Å²) >= 11 is 0. The third kappa shape index (κ3) is 3.15. The summed E-state index contributed by atoms with van der Waals surface area (Å²) in [6.07, 6.45) is 5.54. The molecule has 2 aromatic heterocycles. The van der Waals surface area contributed by atoms with Crippen LogP contribution in [0.5, 0.6) is 0 Å². The van der Waals surface area contributed by atoms with Crippen LogP contribution in [0.25, 0.3) is 0 Å². The van der Waals surface area contributed by atoms with Gasteiger partial charge in [0, 0.05) is 38.1 Å². The number of nitriles is 1. The lowest BCUT2D eigenvalue weighted by molar-refractivity contribution is 0.319. The highest BCUT2D eigenvalue weighted by Gasteiger charge is 2.04. The van der Waals surface area contributed by atoms with Crippen LogP contribution >= 0.6 is 0 Å². The van der Waals surface area contributed by atoms with Crippen molar-refractivity contribution >= 4 is 0 Å². The quantitative estimate of drug-likeness (QED) is 0.810. The van der Waals surface area contributed by atoms with Gasteiger partial charge in [0.25, 0.3) is 0 Å². The molecule has 0 spiro atoms. The van der Waals surface area contributed by atoms with Crippen LogP contribution in [-0.4, -0.2) is 26.7 Å². The van der Waals surface area contributed by atoms with Gasteiger partial charge >= 0.3 is 0 Å². The summed E-state index contributed by atoms with van der Waals surface area (Å²) in [4.78, 5) is 6.13. The maximum Gasteiger partial charge on any atom is 0.140 e. The molecule has 0 bridgehead atoms. The normalized spacial score (nSPS) is 10.6. The smallest absolute Gasteiger partial charge is 0.140 e. The van der Waals surface area contributed by atoms with E-state index in [2.05, 4.69) is 21.1 Å². The number of aryl methyl sites for hydroxylation is 1. The van der Waals surface area contributed by atoms with E-state index < -0.39 is 0 Å². The first kappa shape index (κ1) is 12.3. The van der Waals surface area contributed by atoms with Crippen LogP contribution in [0.1, 0.15) is 16.8 Å². The number of aromatic nitrogens is 3. The Kier molecular flexibility index (Phi) is 3.70. The maximum atomic E-state index is 8.80. The molecule has 0 saturated carbocycles. The van der Waals surface area contributed by atoms with E-state index in [4.69, 9.17) is 5.26 Å². The molecule has 0 fully saturated rings. The lowest BCUT2D eigenvalue weighted by Crippen LogP contribution is -2.17. The molecule has 0 aromatic carbocycles. The van der Waals surface area contributed by atoms with Gasteiger partial charge in [0.05, 0.1) is 6.20 Å². The molecule has 0 aliphatic carbocycles. The summed E-state index contributed by atoms with van der Waals surface area (Å²) < 4.78 is 1.80. The van der Waals surface area contributed by atoms with E-state index in [-0.39, 0.29) is 0 Å². The molecule has 2 rings (SSSR count). The number of nitrogens with zero attached hydrogens (tertiary/aromatic N) is 5. The molecule has 2 aromatic rings. The van der Waals surface area contributed by atoms with Gasteiger partial charge in [0.1, 0.15) is 11.8 Å². The monoisotopic (exact) mass is 241 g/mol. The van der Waals surface area contributed by atoms with Crippen molar-refractivity contribution in [3.63, 3.8) is 0 Å². The average molecular weight is 241 g/mol. The summed E-state index contributed by atoms with van der Waals surface area (Å²) in [6, 6.07) is 5.80. The summed E-state index contributed by atoms with van der Waals surface area (Å²) in [5.41, 5.74) is 2.73. The number of rotatable bonds is 4. The van der Waals surface area contributed by atoms with Crippen molar-refractivity contribution in [2.75, 3.05) is 7.05 Å². The first-order valence-electron chi connectivity index (χ1n) is 5.68. The minimum Gasteiger partial charge on any atom is -0.298 e. The molecular formula is C13H15N5. The van der Waals surface area contributed by atoms with Gasteiger partial charge in [0.15, 0.2) is 0 Å². The van der Waals surface area contributed by atoms with Crippen molar-refractivity contribution < 1.29 is 0 Å². The molecule has 92 valence electrons. The standard InChI is InChI=1S/C13H15N5/c1-17(9-12-7-16-18(2)10-12)8-11-3-4-15-13(5-11)6-14/h3-5,7,10H,8-9H2,1-2H3. The molecule has 0 amide bonds. The maximum absolute atomic E-state index is 8.80. The van der Waals surface area contributed by atoms with Crippen molar-refractivity contribution in [1.82, 2.24) is 19.7 Å². The highest BCUT2D eigenvalue weighted by molar-refractivity contribution is 5.25. The second-order valence-electron chi connectivity index (χ2n) is 4.36. The average Bonchev–Trinajstić information content (AvgIpc) is 2.74. The Morgan fingerprint density at radius 1 is 1.39 bits per heavy atom. The Labute approximate surface area is 106 Å². The molecule has 5 nitrogen and oxygen atoms in total. The van der Waals surface area contributed by atoms with Gasteiger partial charge in [0.2, 0.25) is 0 Å². The summed E-state index contributed by atoms with van der Waals surface area (Å²) in [7, 11) is 3.95.